The maximum Gasteiger partial charge on any atom is 0.149 e. The van der Waals surface area contributed by atoms with Crippen LogP contribution in [0.2, 0.25) is 0 Å². The maximum absolute atomic E-state index is 5.81. The number of benzene rings is 2. The Morgan fingerprint density at radius 1 is 1.13 bits per heavy atom. The molecule has 0 amide bonds. The number of hydrogen-bond acceptors (Lipinski definition) is 3. The summed E-state index contributed by atoms with van der Waals surface area (Å²) in [6.07, 6.45) is 0. The summed E-state index contributed by atoms with van der Waals surface area (Å²) in [7, 11) is 0. The number of rotatable bonds is 0. The highest BCUT2D eigenvalue weighted by Gasteiger charge is 2.05. The molecule has 0 saturated heterocycles. The molecule has 1 heterocycles. The van der Waals surface area contributed by atoms with Crippen molar-refractivity contribution in [2.75, 3.05) is 0 Å². The van der Waals surface area contributed by atoms with Gasteiger partial charge in [-0.1, -0.05) is 48.2 Å². The zero-order chi connectivity index (χ0) is 10.3. The molecule has 0 aromatic heterocycles. The van der Waals surface area contributed by atoms with Crippen LogP contribution in [-0.2, 0) is 0 Å². The molecule has 1 aliphatic heterocycles. The van der Waals surface area contributed by atoms with Crippen molar-refractivity contribution in [2.24, 2.45) is 10.7 Å². The van der Waals surface area contributed by atoms with E-state index in [1.807, 2.05) is 12.1 Å². The second-order valence-corrected chi connectivity index (χ2v) is 4.49. The van der Waals surface area contributed by atoms with Crippen LogP contribution in [0.25, 0.3) is 16.2 Å². The molecule has 0 bridgehead atoms. The molecular weight excluding hydrogens is 204 g/mol. The summed E-state index contributed by atoms with van der Waals surface area (Å²) in [5.74, 6) is 0. The van der Waals surface area contributed by atoms with Crippen molar-refractivity contribution in [3.05, 3.63) is 47.0 Å². The first-order valence-corrected chi connectivity index (χ1v) is 5.76. The van der Waals surface area contributed by atoms with Gasteiger partial charge >= 0.3 is 0 Å². The molecule has 1 atom stereocenters. The van der Waals surface area contributed by atoms with Gasteiger partial charge in [0.1, 0.15) is 5.50 Å². The zero-order valence-corrected chi connectivity index (χ0v) is 8.87. The average molecular weight is 214 g/mol. The van der Waals surface area contributed by atoms with E-state index in [0.717, 1.165) is 5.36 Å². The van der Waals surface area contributed by atoms with E-state index in [2.05, 4.69) is 34.7 Å². The van der Waals surface area contributed by atoms with Crippen LogP contribution in [0.5, 0.6) is 0 Å². The molecule has 0 saturated carbocycles. The van der Waals surface area contributed by atoms with E-state index in [1.54, 1.807) is 11.8 Å². The third kappa shape index (κ3) is 1.44. The number of nitrogens with two attached hydrogens (primary N) is 1. The van der Waals surface area contributed by atoms with Crippen LogP contribution in [0.1, 0.15) is 0 Å². The predicted octanol–water partition coefficient (Wildman–Crippen LogP) is 1.19. The fraction of sp³-hybridized carbons (Fsp3) is 0.0833. The molecule has 2 aromatic carbocycles. The van der Waals surface area contributed by atoms with Crippen LogP contribution < -0.4 is 16.3 Å². The van der Waals surface area contributed by atoms with Crippen LogP contribution >= 0.6 is 11.8 Å². The molecule has 0 spiro atoms. The van der Waals surface area contributed by atoms with E-state index < -0.39 is 0 Å². The Bertz CT molecular complexity index is 634. The lowest BCUT2D eigenvalue weighted by Gasteiger charge is -2.08. The molecule has 0 fully saturated rings. The van der Waals surface area contributed by atoms with E-state index in [0.29, 0.717) is 0 Å². The van der Waals surface area contributed by atoms with E-state index in [4.69, 9.17) is 5.73 Å². The van der Waals surface area contributed by atoms with Gasteiger partial charge in [-0.25, -0.2) is 0 Å². The molecule has 15 heavy (non-hydrogen) atoms. The molecule has 0 radical (unpaired) electrons. The van der Waals surface area contributed by atoms with Crippen molar-refractivity contribution in [3.63, 3.8) is 0 Å². The van der Waals surface area contributed by atoms with Gasteiger partial charge in [0.15, 0.2) is 0 Å². The van der Waals surface area contributed by atoms with Crippen molar-refractivity contribution in [1.82, 2.24) is 0 Å². The first-order valence-electron chi connectivity index (χ1n) is 4.81. The predicted molar refractivity (Wildman–Crippen MR) is 64.8 cm³/mol. The number of thioether (sulfide) groups is 1. The second kappa shape index (κ2) is 3.36. The van der Waals surface area contributed by atoms with Crippen molar-refractivity contribution in [2.45, 2.75) is 5.50 Å². The van der Waals surface area contributed by atoms with Gasteiger partial charge in [0.05, 0.1) is 5.36 Å². The lowest BCUT2D eigenvalue weighted by molar-refractivity contribution is 0.944. The second-order valence-electron chi connectivity index (χ2n) is 3.50. The summed E-state index contributed by atoms with van der Waals surface area (Å²) < 4.78 is 0. The van der Waals surface area contributed by atoms with E-state index in [9.17, 15) is 0 Å². The van der Waals surface area contributed by atoms with Crippen LogP contribution in [0.4, 0.5) is 0 Å². The summed E-state index contributed by atoms with van der Waals surface area (Å²) in [6.45, 7) is 0. The molecular formula is C12H10N2S. The lowest BCUT2D eigenvalue weighted by atomic mass is 10.1. The van der Waals surface area contributed by atoms with Gasteiger partial charge in [-0.3, -0.25) is 4.99 Å². The fourth-order valence-corrected chi connectivity index (χ4v) is 2.45. The first kappa shape index (κ1) is 8.95. The number of nitrogens with zero attached hydrogens (tertiary/aromatic N) is 1. The number of fused-ring (bicyclic) bond motifs is 3. The largest absolute Gasteiger partial charge is 0.301 e. The maximum atomic E-state index is 5.81. The van der Waals surface area contributed by atoms with E-state index >= 15 is 0 Å². The Balaban J connectivity index is 2.53. The van der Waals surface area contributed by atoms with Crippen molar-refractivity contribution < 1.29 is 0 Å². The molecule has 74 valence electrons. The van der Waals surface area contributed by atoms with Gasteiger partial charge < -0.3 is 5.73 Å². The summed E-state index contributed by atoms with van der Waals surface area (Å²) >= 11 is 1.56. The molecule has 0 aliphatic carbocycles. The van der Waals surface area contributed by atoms with Gasteiger partial charge in [-0.15, -0.1) is 0 Å². The Kier molecular flexibility index (Phi) is 2.01. The minimum atomic E-state index is -0.164. The first-order chi connectivity index (χ1) is 7.34. The zero-order valence-electron chi connectivity index (χ0n) is 8.05. The van der Waals surface area contributed by atoms with Crippen LogP contribution in [0.3, 0.4) is 0 Å². The fourth-order valence-electron chi connectivity index (χ4n) is 1.81. The molecule has 1 unspecified atom stereocenters. The van der Waals surface area contributed by atoms with Gasteiger partial charge in [-0.05, 0) is 10.8 Å². The molecule has 3 heteroatoms. The van der Waals surface area contributed by atoms with E-state index in [1.165, 1.54) is 16.0 Å². The smallest absolute Gasteiger partial charge is 0.149 e. The molecule has 2 nitrogen and oxygen atoms in total. The molecule has 2 aromatic rings. The van der Waals surface area contributed by atoms with Gasteiger partial charge in [-0.2, -0.15) is 0 Å². The third-order valence-electron chi connectivity index (χ3n) is 2.52. The standard InChI is InChI=1S/C12H10N2S/c13-12-14-11-9(7-15-12)6-5-8-3-1-2-4-10(8)11/h1-7,12H,13H2. The summed E-state index contributed by atoms with van der Waals surface area (Å²) in [6, 6.07) is 12.5. The normalized spacial score (nSPS) is 19.1. The highest BCUT2D eigenvalue weighted by Crippen LogP contribution is 2.12. The Labute approximate surface area is 91.5 Å². The van der Waals surface area contributed by atoms with Crippen molar-refractivity contribution in [3.8, 4) is 0 Å². The Morgan fingerprint density at radius 3 is 2.93 bits per heavy atom. The average Bonchev–Trinajstić information content (AvgIpc) is 2.29. The van der Waals surface area contributed by atoms with Gasteiger partial charge in [0, 0.05) is 10.6 Å². The lowest BCUT2D eigenvalue weighted by Crippen LogP contribution is -2.32. The Hall–Kier alpha value is -1.32. The van der Waals surface area contributed by atoms with E-state index in [-0.39, 0.29) is 5.50 Å². The molecule has 2 N–H and O–H groups in total. The van der Waals surface area contributed by atoms with Crippen LogP contribution in [-0.4, -0.2) is 5.50 Å². The van der Waals surface area contributed by atoms with Gasteiger partial charge in [0.2, 0.25) is 0 Å². The monoisotopic (exact) mass is 214 g/mol. The highest BCUT2D eigenvalue weighted by atomic mass is 32.2. The topological polar surface area (TPSA) is 38.4 Å². The third-order valence-corrected chi connectivity index (χ3v) is 3.30. The van der Waals surface area contributed by atoms with Crippen LogP contribution in [0.15, 0.2) is 41.4 Å². The van der Waals surface area contributed by atoms with Crippen molar-refractivity contribution >= 4 is 27.9 Å². The summed E-state index contributed by atoms with van der Waals surface area (Å²) in [4.78, 5) is 4.48. The van der Waals surface area contributed by atoms with Crippen LogP contribution in [0, 0.1) is 0 Å². The minimum absolute atomic E-state index is 0.164. The van der Waals surface area contributed by atoms with Crippen molar-refractivity contribution in [1.29, 1.82) is 0 Å². The summed E-state index contributed by atoms with van der Waals surface area (Å²) in [5, 5.41) is 6.67. The summed E-state index contributed by atoms with van der Waals surface area (Å²) in [5.41, 5.74) is 5.64. The minimum Gasteiger partial charge on any atom is -0.301 e. The highest BCUT2D eigenvalue weighted by molar-refractivity contribution is 8.07. The molecule has 3 rings (SSSR count). The Morgan fingerprint density at radius 2 is 2.00 bits per heavy atom. The quantitative estimate of drug-likeness (QED) is 0.715. The SMILES string of the molecule is NC1N=c2c(ccc3ccccc23)=CS1. The number of hydrogen-bond donors (Lipinski definition) is 1. The molecule has 1 aliphatic rings. The van der Waals surface area contributed by atoms with Gasteiger partial charge in [0.25, 0.3) is 0 Å².